The van der Waals surface area contributed by atoms with Crippen LogP contribution < -0.4 is 4.74 Å². The smallest absolute Gasteiger partial charge is 0.165 e. The van der Waals surface area contributed by atoms with Crippen molar-refractivity contribution in [3.63, 3.8) is 0 Å². The quantitative estimate of drug-likeness (QED) is 0.501. The summed E-state index contributed by atoms with van der Waals surface area (Å²) in [7, 11) is 1.58. The molecule has 0 spiro atoms. The van der Waals surface area contributed by atoms with Crippen LogP contribution in [-0.4, -0.2) is 48.6 Å². The molecule has 0 aliphatic heterocycles. The number of aromatic amines is 1. The van der Waals surface area contributed by atoms with E-state index in [0.717, 1.165) is 6.07 Å². The van der Waals surface area contributed by atoms with E-state index in [9.17, 15) is 9.50 Å². The number of benzene rings is 1. The fourth-order valence-electron chi connectivity index (χ4n) is 2.71. The van der Waals surface area contributed by atoms with Gasteiger partial charge in [0.25, 0.3) is 0 Å². The lowest BCUT2D eigenvalue weighted by molar-refractivity contribution is 0.0538. The van der Waals surface area contributed by atoms with Crippen LogP contribution >= 0.6 is 23.2 Å². The van der Waals surface area contributed by atoms with Gasteiger partial charge < -0.3 is 24.3 Å². The van der Waals surface area contributed by atoms with E-state index in [1.807, 2.05) is 0 Å². The second-order valence-electron chi connectivity index (χ2n) is 5.95. The molecule has 0 saturated carbocycles. The zero-order valence-electron chi connectivity index (χ0n) is 15.0. The molecule has 9 heteroatoms. The number of hydrogen-bond acceptors (Lipinski definition) is 5. The number of nitrogens with one attached hydrogen (secondary N) is 1. The molecule has 0 aliphatic carbocycles. The first-order valence-electron chi connectivity index (χ1n) is 8.50. The van der Waals surface area contributed by atoms with Crippen molar-refractivity contribution in [1.29, 1.82) is 0 Å². The summed E-state index contributed by atoms with van der Waals surface area (Å²) >= 11 is 12.3. The third-order valence-electron chi connectivity index (χ3n) is 4.09. The van der Waals surface area contributed by atoms with Crippen molar-refractivity contribution in [3.8, 4) is 5.75 Å². The zero-order valence-corrected chi connectivity index (χ0v) is 16.6. The molecule has 2 heterocycles. The highest BCUT2D eigenvalue weighted by atomic mass is 35.5. The summed E-state index contributed by atoms with van der Waals surface area (Å²) in [5.74, 6) is -0.647. The Morgan fingerprint density at radius 3 is 2.71 bits per heavy atom. The first-order valence-corrected chi connectivity index (χ1v) is 9.26. The average Bonchev–Trinajstić information content (AvgIpc) is 3.09. The minimum Gasteiger partial charge on any atom is -0.488 e. The Kier molecular flexibility index (Phi) is 7.09. The summed E-state index contributed by atoms with van der Waals surface area (Å²) in [5.41, 5.74) is 1.26. The molecular formula is C19H19Cl2FN2O4. The van der Waals surface area contributed by atoms with Gasteiger partial charge in [-0.1, -0.05) is 23.2 Å². The summed E-state index contributed by atoms with van der Waals surface area (Å²) in [4.78, 5) is 7.09. The first-order chi connectivity index (χ1) is 13.5. The molecule has 0 bridgehead atoms. The number of H-pyrrole nitrogens is 1. The van der Waals surface area contributed by atoms with E-state index in [4.69, 9.17) is 37.4 Å². The van der Waals surface area contributed by atoms with Gasteiger partial charge in [-0.2, -0.15) is 0 Å². The summed E-state index contributed by atoms with van der Waals surface area (Å²) in [5, 5.41) is 12.0. The second kappa shape index (κ2) is 9.54. The number of aliphatic hydroxyl groups excluding tert-OH is 1. The molecule has 6 nitrogen and oxygen atoms in total. The molecule has 0 saturated heterocycles. The van der Waals surface area contributed by atoms with Gasteiger partial charge in [-0.25, -0.2) is 9.37 Å². The van der Waals surface area contributed by atoms with Crippen molar-refractivity contribution in [2.24, 2.45) is 0 Å². The van der Waals surface area contributed by atoms with Crippen LogP contribution in [0.4, 0.5) is 4.39 Å². The Morgan fingerprint density at radius 1 is 1.14 bits per heavy atom. The molecule has 1 unspecified atom stereocenters. The summed E-state index contributed by atoms with van der Waals surface area (Å²) in [6.45, 7) is 1.35. The van der Waals surface area contributed by atoms with Gasteiger partial charge in [0.05, 0.1) is 29.9 Å². The van der Waals surface area contributed by atoms with Gasteiger partial charge in [-0.3, -0.25) is 0 Å². The summed E-state index contributed by atoms with van der Waals surface area (Å²) in [6.07, 6.45) is 1.92. The van der Waals surface area contributed by atoms with Gasteiger partial charge in [-0.05, 0) is 12.1 Å². The predicted molar refractivity (Wildman–Crippen MR) is 105 cm³/mol. The summed E-state index contributed by atoms with van der Waals surface area (Å²) in [6, 6.07) is 4.17. The van der Waals surface area contributed by atoms with E-state index in [1.54, 1.807) is 19.4 Å². The van der Waals surface area contributed by atoms with Gasteiger partial charge in [0.2, 0.25) is 0 Å². The number of ether oxygens (including phenoxy) is 3. The third-order valence-corrected chi connectivity index (χ3v) is 4.62. The van der Waals surface area contributed by atoms with Crippen LogP contribution in [0.5, 0.6) is 5.75 Å². The van der Waals surface area contributed by atoms with Crippen LogP contribution in [0.3, 0.4) is 0 Å². The Labute approximate surface area is 171 Å². The highest BCUT2D eigenvalue weighted by Gasteiger charge is 2.21. The van der Waals surface area contributed by atoms with E-state index < -0.39 is 11.9 Å². The van der Waals surface area contributed by atoms with Gasteiger partial charge in [0, 0.05) is 42.1 Å². The number of fused-ring (bicyclic) bond motifs is 1. The van der Waals surface area contributed by atoms with Crippen LogP contribution in [-0.2, 0) is 9.47 Å². The molecule has 0 aliphatic rings. The van der Waals surface area contributed by atoms with Crippen LogP contribution in [0, 0.1) is 5.82 Å². The van der Waals surface area contributed by atoms with Crippen molar-refractivity contribution in [2.45, 2.75) is 6.10 Å². The van der Waals surface area contributed by atoms with Gasteiger partial charge in [0.15, 0.2) is 11.6 Å². The van der Waals surface area contributed by atoms with Crippen molar-refractivity contribution in [1.82, 2.24) is 9.97 Å². The second-order valence-corrected chi connectivity index (χ2v) is 6.80. The van der Waals surface area contributed by atoms with Gasteiger partial charge in [0.1, 0.15) is 18.4 Å². The van der Waals surface area contributed by atoms with E-state index in [-0.39, 0.29) is 29.5 Å². The number of nitrogens with zero attached hydrogens (tertiary/aromatic N) is 1. The molecule has 3 rings (SSSR count). The first kappa shape index (κ1) is 20.8. The van der Waals surface area contributed by atoms with Crippen molar-refractivity contribution in [2.75, 3.05) is 33.5 Å². The van der Waals surface area contributed by atoms with E-state index in [1.165, 1.54) is 12.3 Å². The number of pyridine rings is 1. The van der Waals surface area contributed by atoms with Crippen molar-refractivity contribution < 1.29 is 23.7 Å². The normalized spacial score (nSPS) is 12.5. The molecule has 0 radical (unpaired) electrons. The van der Waals surface area contributed by atoms with Crippen molar-refractivity contribution >= 4 is 34.2 Å². The highest BCUT2D eigenvalue weighted by Crippen LogP contribution is 2.36. The molecule has 0 fully saturated rings. The third kappa shape index (κ3) is 4.74. The number of hydrogen-bond donors (Lipinski definition) is 2. The molecule has 0 amide bonds. The van der Waals surface area contributed by atoms with Crippen LogP contribution in [0.25, 0.3) is 11.0 Å². The molecule has 1 atom stereocenters. The maximum Gasteiger partial charge on any atom is 0.165 e. The minimum absolute atomic E-state index is 0.0140. The van der Waals surface area contributed by atoms with Gasteiger partial charge >= 0.3 is 0 Å². The number of aliphatic hydroxyl groups is 1. The highest BCUT2D eigenvalue weighted by molar-refractivity contribution is 6.31. The van der Waals surface area contributed by atoms with Gasteiger partial charge in [-0.15, -0.1) is 0 Å². The van der Waals surface area contributed by atoms with E-state index in [2.05, 4.69) is 9.97 Å². The number of halogens is 3. The number of aromatic nitrogens is 2. The molecular weight excluding hydrogens is 410 g/mol. The fourth-order valence-corrected chi connectivity index (χ4v) is 3.13. The lowest BCUT2D eigenvalue weighted by atomic mass is 10.0. The largest absolute Gasteiger partial charge is 0.488 e. The topological polar surface area (TPSA) is 76.6 Å². The standard InChI is InChI=1S/C19H19Cl2FN2O4/c1-26-2-3-27-4-5-28-17-8-15(21)13(7-16(17)22)18(25)14-10-24-19-12(14)6-11(20)9-23-19/h6-10,18,25H,2-5H2,1H3,(H,23,24). The lowest BCUT2D eigenvalue weighted by Crippen LogP contribution is -2.11. The van der Waals surface area contributed by atoms with E-state index >= 15 is 0 Å². The van der Waals surface area contributed by atoms with Crippen LogP contribution in [0.2, 0.25) is 10.0 Å². The zero-order chi connectivity index (χ0) is 20.1. The fraction of sp³-hybridized carbons (Fsp3) is 0.316. The Hall–Kier alpha value is -1.90. The molecule has 3 aromatic rings. The lowest BCUT2D eigenvalue weighted by Gasteiger charge is -2.15. The predicted octanol–water partition coefficient (Wildman–Crippen LogP) is 4.13. The van der Waals surface area contributed by atoms with Crippen molar-refractivity contribution in [3.05, 3.63) is 57.6 Å². The number of rotatable bonds is 9. The number of methoxy groups -OCH3 is 1. The molecule has 1 aromatic carbocycles. The molecule has 28 heavy (non-hydrogen) atoms. The maximum atomic E-state index is 14.4. The SMILES string of the molecule is COCCOCCOc1cc(Cl)c(C(O)c2c[nH]c3ncc(Cl)cc23)cc1F. The minimum atomic E-state index is -1.16. The average molecular weight is 429 g/mol. The molecule has 2 aromatic heterocycles. The Balaban J connectivity index is 1.75. The molecule has 150 valence electrons. The maximum absolute atomic E-state index is 14.4. The Bertz CT molecular complexity index is 951. The Morgan fingerprint density at radius 2 is 1.93 bits per heavy atom. The van der Waals surface area contributed by atoms with E-state index in [0.29, 0.717) is 34.8 Å². The molecule has 2 N–H and O–H groups in total. The summed E-state index contributed by atoms with van der Waals surface area (Å²) < 4.78 is 29.9. The van der Waals surface area contributed by atoms with Crippen LogP contribution in [0.1, 0.15) is 17.2 Å². The van der Waals surface area contributed by atoms with Crippen LogP contribution in [0.15, 0.2) is 30.6 Å². The monoisotopic (exact) mass is 428 g/mol.